The van der Waals surface area contributed by atoms with Crippen molar-refractivity contribution in [2.75, 3.05) is 11.9 Å². The average Bonchev–Trinajstić information content (AvgIpc) is 3.24. The van der Waals surface area contributed by atoms with Crippen LogP contribution in [-0.2, 0) is 15.9 Å². The van der Waals surface area contributed by atoms with Crippen LogP contribution in [0.1, 0.15) is 77.9 Å². The molecule has 1 aromatic carbocycles. The Hall–Kier alpha value is -2.80. The van der Waals surface area contributed by atoms with Crippen molar-refractivity contribution in [3.05, 3.63) is 46.8 Å². The maximum absolute atomic E-state index is 12.9. The van der Waals surface area contributed by atoms with Gasteiger partial charge in [-0.1, -0.05) is 13.8 Å². The number of amides is 1. The van der Waals surface area contributed by atoms with E-state index in [-0.39, 0.29) is 23.3 Å². The molecule has 0 bridgehead atoms. The quantitative estimate of drug-likeness (QED) is 0.288. The first-order chi connectivity index (χ1) is 19.4. The zero-order valence-electron chi connectivity index (χ0n) is 23.7. The number of aromatic nitrogens is 1. The molecule has 2 aromatic rings. The van der Waals surface area contributed by atoms with Crippen molar-refractivity contribution in [1.82, 2.24) is 4.57 Å². The van der Waals surface area contributed by atoms with Crippen molar-refractivity contribution in [2.45, 2.75) is 102 Å². The second kappa shape index (κ2) is 11.5. The zero-order chi connectivity index (χ0) is 29.6. The van der Waals surface area contributed by atoms with Gasteiger partial charge >= 0.3 is 0 Å². The summed E-state index contributed by atoms with van der Waals surface area (Å²) in [6.07, 6.45) is -0.881. The Morgan fingerprint density at radius 1 is 1.12 bits per heavy atom. The maximum Gasteiger partial charge on any atom is 0.250 e. The highest BCUT2D eigenvalue weighted by molar-refractivity contribution is 6.01. The van der Waals surface area contributed by atoms with Gasteiger partial charge in [0.1, 0.15) is 24.4 Å². The van der Waals surface area contributed by atoms with Gasteiger partial charge in [0.05, 0.1) is 18.3 Å². The van der Waals surface area contributed by atoms with E-state index in [1.54, 1.807) is 6.07 Å². The van der Waals surface area contributed by atoms with Crippen LogP contribution in [0.4, 0.5) is 5.69 Å². The fourth-order valence-electron chi connectivity index (χ4n) is 6.46. The number of benzene rings is 1. The molecular weight excluding hydrogens is 530 g/mol. The molecule has 2 heterocycles. The van der Waals surface area contributed by atoms with Crippen molar-refractivity contribution in [1.29, 1.82) is 0 Å². The number of rotatable bonds is 7. The Labute approximate surface area is 239 Å². The highest BCUT2D eigenvalue weighted by atomic mass is 16.7. The molecule has 7 N–H and O–H groups in total. The number of nitrogens with zero attached hydrogens (tertiary/aromatic N) is 1. The molecule has 11 heteroatoms. The molecule has 1 aliphatic heterocycles. The number of primary amides is 1. The van der Waals surface area contributed by atoms with Gasteiger partial charge in [-0.3, -0.25) is 9.59 Å². The molecule has 1 amide bonds. The molecule has 1 aromatic heterocycles. The summed E-state index contributed by atoms with van der Waals surface area (Å²) in [6, 6.07) is 5.50. The second-order valence-electron chi connectivity index (χ2n) is 12.5. The predicted molar refractivity (Wildman–Crippen MR) is 150 cm³/mol. The Morgan fingerprint density at radius 2 is 1.83 bits per heavy atom. The number of aliphatic hydroxyl groups is 4. The topological polar surface area (TPSA) is 176 Å². The van der Waals surface area contributed by atoms with E-state index in [9.17, 15) is 30.0 Å². The summed E-state index contributed by atoms with van der Waals surface area (Å²) in [7, 11) is 0. The van der Waals surface area contributed by atoms with Gasteiger partial charge in [-0.2, -0.15) is 0 Å². The lowest BCUT2D eigenvalue weighted by Crippen LogP contribution is -2.59. The van der Waals surface area contributed by atoms with E-state index in [1.165, 1.54) is 0 Å². The van der Waals surface area contributed by atoms with Crippen LogP contribution in [0.3, 0.4) is 0 Å². The van der Waals surface area contributed by atoms with Gasteiger partial charge in [-0.05, 0) is 68.2 Å². The van der Waals surface area contributed by atoms with Crippen LogP contribution < -0.4 is 11.1 Å². The summed E-state index contributed by atoms with van der Waals surface area (Å²) in [5.74, 6) is -0.386. The first-order valence-corrected chi connectivity index (χ1v) is 14.3. The van der Waals surface area contributed by atoms with E-state index in [0.717, 1.165) is 28.9 Å². The van der Waals surface area contributed by atoms with Gasteiger partial charge in [-0.25, -0.2) is 0 Å². The number of carbonyl (C=O) groups excluding carboxylic acids is 2. The van der Waals surface area contributed by atoms with E-state index < -0.39 is 43.2 Å². The molecule has 0 radical (unpaired) electrons. The van der Waals surface area contributed by atoms with Crippen molar-refractivity contribution >= 4 is 17.4 Å². The third-order valence-corrected chi connectivity index (χ3v) is 8.62. The number of ether oxygens (including phenoxy) is 2. The maximum atomic E-state index is 12.9. The first kappa shape index (κ1) is 29.7. The minimum Gasteiger partial charge on any atom is -0.394 e. The Kier molecular flexibility index (Phi) is 8.30. The highest BCUT2D eigenvalue weighted by Gasteiger charge is 2.45. The van der Waals surface area contributed by atoms with Gasteiger partial charge in [0.15, 0.2) is 12.1 Å². The van der Waals surface area contributed by atoms with E-state index in [2.05, 4.69) is 19.2 Å². The van der Waals surface area contributed by atoms with Crippen LogP contribution >= 0.6 is 0 Å². The molecule has 1 saturated heterocycles. The molecule has 5 atom stereocenters. The number of hydrogen-bond donors (Lipinski definition) is 6. The van der Waals surface area contributed by atoms with Crippen LogP contribution in [-0.4, -0.2) is 86.1 Å². The molecule has 5 rings (SSSR count). The smallest absolute Gasteiger partial charge is 0.250 e. The van der Waals surface area contributed by atoms with Crippen molar-refractivity contribution in [3.63, 3.8) is 0 Å². The van der Waals surface area contributed by atoms with Crippen LogP contribution in [0.15, 0.2) is 24.4 Å². The third kappa shape index (κ3) is 5.93. The van der Waals surface area contributed by atoms with Gasteiger partial charge in [-0.15, -0.1) is 0 Å². The standard InChI is InChI=1S/C30H41N3O8/c1-15-13-33(21-11-30(2,3)12-22(35)24(15)21)17-6-9-19(28(31)39)20(10-17)32-16-4-7-18(8-5-16)40-29-27(38)26(37)25(36)23(14-34)41-29/h6,9-10,13,16,18,23,25-27,29,32,34,36-38H,4-5,7-8,11-12,14H2,1-3H3,(H2,31,39)/t16?,18?,23-,25+,26+,27-,29-/m1/s1. The van der Waals surface area contributed by atoms with Crippen molar-refractivity contribution in [3.8, 4) is 5.69 Å². The average molecular weight is 572 g/mol. The summed E-state index contributed by atoms with van der Waals surface area (Å²) in [4.78, 5) is 25.2. The normalized spacial score (nSPS) is 31.5. The summed E-state index contributed by atoms with van der Waals surface area (Å²) in [5, 5.41) is 43.3. The first-order valence-electron chi connectivity index (χ1n) is 14.3. The van der Waals surface area contributed by atoms with E-state index >= 15 is 0 Å². The zero-order valence-corrected chi connectivity index (χ0v) is 23.7. The molecule has 3 aliphatic rings. The number of nitrogens with one attached hydrogen (secondary N) is 1. The SMILES string of the molecule is Cc1cn(-c2ccc(C(N)=O)c(NC3CCC(O[C@@H]4O[C@H](CO)[C@H](O)[C@H](O)[C@H]4O)CC3)c2)c2c1C(=O)CC(C)(C)C2. The molecule has 0 unspecified atom stereocenters. The number of fused-ring (bicyclic) bond motifs is 1. The van der Waals surface area contributed by atoms with Crippen LogP contribution in [0.25, 0.3) is 5.69 Å². The minimum absolute atomic E-state index is 0.0267. The van der Waals surface area contributed by atoms with Crippen molar-refractivity contribution in [2.24, 2.45) is 11.1 Å². The van der Waals surface area contributed by atoms with E-state index in [4.69, 9.17) is 15.2 Å². The fraction of sp³-hybridized carbons (Fsp3) is 0.600. The van der Waals surface area contributed by atoms with Crippen LogP contribution in [0.2, 0.25) is 0 Å². The summed E-state index contributed by atoms with van der Waals surface area (Å²) < 4.78 is 13.5. The fourth-order valence-corrected chi connectivity index (χ4v) is 6.46. The highest BCUT2D eigenvalue weighted by Crippen LogP contribution is 2.39. The second-order valence-corrected chi connectivity index (χ2v) is 12.5. The number of aliphatic hydroxyl groups excluding tert-OH is 4. The minimum atomic E-state index is -1.48. The molecule has 2 fully saturated rings. The summed E-state index contributed by atoms with van der Waals surface area (Å²) in [6.45, 7) is 5.64. The molecular formula is C30H41N3O8. The monoisotopic (exact) mass is 571 g/mol. The Bertz CT molecular complexity index is 1300. The number of Topliss-reactive ketones (excluding diaryl/α,β-unsaturated/α-hetero) is 1. The number of nitrogens with two attached hydrogens (primary N) is 1. The lowest BCUT2D eigenvalue weighted by atomic mass is 9.75. The third-order valence-electron chi connectivity index (χ3n) is 8.62. The van der Waals surface area contributed by atoms with E-state index in [0.29, 0.717) is 43.4 Å². The number of aryl methyl sites for hydroxylation is 1. The number of hydrogen-bond acceptors (Lipinski definition) is 9. The molecule has 224 valence electrons. The molecule has 0 spiro atoms. The Morgan fingerprint density at radius 3 is 2.49 bits per heavy atom. The molecule has 2 aliphatic carbocycles. The lowest BCUT2D eigenvalue weighted by molar-refractivity contribution is -0.313. The van der Waals surface area contributed by atoms with Gasteiger partial charge < -0.3 is 45.5 Å². The Balaban J connectivity index is 1.29. The lowest BCUT2D eigenvalue weighted by Gasteiger charge is -2.41. The van der Waals surface area contributed by atoms with Gasteiger partial charge in [0.25, 0.3) is 5.91 Å². The number of carbonyl (C=O) groups is 2. The van der Waals surface area contributed by atoms with E-state index in [1.807, 2.05) is 29.8 Å². The molecule has 41 heavy (non-hydrogen) atoms. The van der Waals surface area contributed by atoms with Gasteiger partial charge in [0.2, 0.25) is 0 Å². The number of ketones is 1. The van der Waals surface area contributed by atoms with Crippen molar-refractivity contribution < 1.29 is 39.5 Å². The predicted octanol–water partition coefficient (Wildman–Crippen LogP) is 1.58. The van der Waals surface area contributed by atoms with Crippen LogP contribution in [0.5, 0.6) is 0 Å². The van der Waals surface area contributed by atoms with Gasteiger partial charge in [0, 0.05) is 41.3 Å². The summed E-state index contributed by atoms with van der Waals surface area (Å²) >= 11 is 0. The van der Waals surface area contributed by atoms with Crippen LogP contribution in [0, 0.1) is 12.3 Å². The number of anilines is 1. The molecule has 11 nitrogen and oxygen atoms in total. The largest absolute Gasteiger partial charge is 0.394 e. The molecule has 1 saturated carbocycles. The summed E-state index contributed by atoms with van der Waals surface area (Å²) in [5.41, 5.74) is 10.1.